The zero-order chi connectivity index (χ0) is 19.5. The molecular formula is C22H41NO3. The van der Waals surface area contributed by atoms with Crippen LogP contribution in [0.2, 0.25) is 0 Å². The third-order valence-corrected chi connectivity index (χ3v) is 4.57. The zero-order valence-corrected chi connectivity index (χ0v) is 17.2. The number of likely N-dealkylation sites (N-methyl/N-ethyl adjacent to an activating group) is 1. The number of hydrogen-bond donors (Lipinski definition) is 1. The highest BCUT2D eigenvalue weighted by Crippen LogP contribution is 2.10. The lowest BCUT2D eigenvalue weighted by Crippen LogP contribution is -2.30. The molecule has 0 unspecified atom stereocenters. The average molecular weight is 368 g/mol. The van der Waals surface area contributed by atoms with Gasteiger partial charge in [0.25, 0.3) is 0 Å². The number of rotatable bonds is 19. The molecule has 0 aliphatic rings. The molecule has 0 aliphatic carbocycles. The lowest BCUT2D eigenvalue weighted by atomic mass is 10.1. The second kappa shape index (κ2) is 18.6. The van der Waals surface area contributed by atoms with Crippen LogP contribution < -0.4 is 0 Å². The summed E-state index contributed by atoms with van der Waals surface area (Å²) in [6.07, 6.45) is 21.5. The number of carbonyl (C=O) groups is 2. The van der Waals surface area contributed by atoms with Crippen molar-refractivity contribution in [3.05, 3.63) is 12.2 Å². The van der Waals surface area contributed by atoms with Gasteiger partial charge in [0.1, 0.15) is 5.78 Å². The molecular weight excluding hydrogens is 326 g/mol. The molecule has 0 fully saturated rings. The van der Waals surface area contributed by atoms with Gasteiger partial charge < -0.3 is 5.11 Å². The van der Waals surface area contributed by atoms with Crippen molar-refractivity contribution in [2.75, 3.05) is 20.1 Å². The van der Waals surface area contributed by atoms with Gasteiger partial charge in [-0.05, 0) is 39.2 Å². The lowest BCUT2D eigenvalue weighted by Gasteiger charge is -2.12. The number of ketones is 1. The normalized spacial score (nSPS) is 11.5. The van der Waals surface area contributed by atoms with E-state index in [-0.39, 0.29) is 18.9 Å². The van der Waals surface area contributed by atoms with E-state index in [1.165, 1.54) is 70.6 Å². The first-order valence-corrected chi connectivity index (χ1v) is 10.6. The average Bonchev–Trinajstić information content (AvgIpc) is 2.57. The van der Waals surface area contributed by atoms with E-state index < -0.39 is 5.97 Å². The van der Waals surface area contributed by atoms with E-state index in [1.807, 2.05) is 0 Å². The lowest BCUT2D eigenvalue weighted by molar-refractivity contribution is -0.138. The molecule has 26 heavy (non-hydrogen) atoms. The van der Waals surface area contributed by atoms with E-state index in [9.17, 15) is 9.59 Å². The minimum absolute atomic E-state index is 0.0713. The second-order valence-corrected chi connectivity index (χ2v) is 7.44. The minimum Gasteiger partial charge on any atom is -0.480 e. The monoisotopic (exact) mass is 367 g/mol. The van der Waals surface area contributed by atoms with E-state index in [4.69, 9.17) is 5.11 Å². The van der Waals surface area contributed by atoms with Gasteiger partial charge in [-0.1, -0.05) is 70.4 Å². The molecule has 0 aliphatic heterocycles. The van der Waals surface area contributed by atoms with Gasteiger partial charge in [0.2, 0.25) is 0 Å². The molecule has 0 aromatic heterocycles. The first kappa shape index (κ1) is 24.8. The molecule has 0 saturated carbocycles. The van der Waals surface area contributed by atoms with Gasteiger partial charge in [-0.3, -0.25) is 14.5 Å². The highest BCUT2D eigenvalue weighted by Gasteiger charge is 2.09. The standard InChI is InChI=1S/C22H41NO3/c1-3-4-5-6-7-8-9-10-11-12-13-14-15-16-17-18-21(24)19-23(2)20-22(25)26/h10-11H,3-9,12-20H2,1-2H3,(H,25,26). The van der Waals surface area contributed by atoms with Gasteiger partial charge in [0.05, 0.1) is 13.1 Å². The Kier molecular flexibility index (Phi) is 17.8. The number of carbonyl (C=O) groups excluding carboxylic acids is 1. The van der Waals surface area contributed by atoms with Crippen LogP contribution in [-0.4, -0.2) is 41.9 Å². The zero-order valence-electron chi connectivity index (χ0n) is 17.2. The molecule has 0 amide bonds. The molecule has 0 aromatic carbocycles. The number of unbranched alkanes of at least 4 members (excludes halogenated alkanes) is 11. The maximum Gasteiger partial charge on any atom is 0.317 e. The summed E-state index contributed by atoms with van der Waals surface area (Å²) in [5.74, 6) is -0.743. The summed E-state index contributed by atoms with van der Waals surface area (Å²) in [6, 6.07) is 0. The summed E-state index contributed by atoms with van der Waals surface area (Å²) in [5.41, 5.74) is 0. The smallest absolute Gasteiger partial charge is 0.317 e. The molecule has 0 bridgehead atoms. The summed E-state index contributed by atoms with van der Waals surface area (Å²) in [5, 5.41) is 8.66. The van der Waals surface area contributed by atoms with Crippen molar-refractivity contribution in [3.63, 3.8) is 0 Å². The number of nitrogens with zero attached hydrogens (tertiary/aromatic N) is 1. The summed E-state index contributed by atoms with van der Waals surface area (Å²) in [4.78, 5) is 23.8. The van der Waals surface area contributed by atoms with Crippen molar-refractivity contribution in [1.82, 2.24) is 4.90 Å². The highest BCUT2D eigenvalue weighted by atomic mass is 16.4. The van der Waals surface area contributed by atoms with Crippen molar-refractivity contribution in [1.29, 1.82) is 0 Å². The van der Waals surface area contributed by atoms with Crippen LogP contribution in [-0.2, 0) is 9.59 Å². The van der Waals surface area contributed by atoms with E-state index >= 15 is 0 Å². The molecule has 0 aromatic rings. The minimum atomic E-state index is -0.888. The fourth-order valence-electron chi connectivity index (χ4n) is 3.06. The fraction of sp³-hybridized carbons (Fsp3) is 0.818. The number of hydrogen-bond acceptors (Lipinski definition) is 3. The van der Waals surface area contributed by atoms with Gasteiger partial charge in [-0.2, -0.15) is 0 Å². The summed E-state index contributed by atoms with van der Waals surface area (Å²) < 4.78 is 0. The summed E-state index contributed by atoms with van der Waals surface area (Å²) in [7, 11) is 1.67. The van der Waals surface area contributed by atoms with Crippen LogP contribution in [0.15, 0.2) is 12.2 Å². The third-order valence-electron chi connectivity index (χ3n) is 4.57. The number of aliphatic carboxylic acids is 1. The van der Waals surface area contributed by atoms with Crippen molar-refractivity contribution in [2.24, 2.45) is 0 Å². The molecule has 1 N–H and O–H groups in total. The Morgan fingerprint density at radius 3 is 1.81 bits per heavy atom. The Morgan fingerprint density at radius 1 is 0.769 bits per heavy atom. The number of Topliss-reactive ketones (excluding diaryl/α,β-unsaturated/α-hetero) is 1. The molecule has 0 atom stereocenters. The molecule has 152 valence electrons. The van der Waals surface area contributed by atoms with Gasteiger partial charge in [-0.15, -0.1) is 0 Å². The third kappa shape index (κ3) is 19.2. The van der Waals surface area contributed by atoms with Gasteiger partial charge in [-0.25, -0.2) is 0 Å². The molecule has 0 radical (unpaired) electrons. The van der Waals surface area contributed by atoms with E-state index in [0.29, 0.717) is 6.42 Å². The molecule has 0 saturated heterocycles. The van der Waals surface area contributed by atoms with Gasteiger partial charge in [0.15, 0.2) is 0 Å². The topological polar surface area (TPSA) is 57.6 Å². The first-order valence-electron chi connectivity index (χ1n) is 10.6. The predicted octanol–water partition coefficient (Wildman–Crippen LogP) is 5.61. The van der Waals surface area contributed by atoms with Crippen LogP contribution in [0.5, 0.6) is 0 Å². The number of carboxylic acids is 1. The molecule has 4 nitrogen and oxygen atoms in total. The van der Waals surface area contributed by atoms with Crippen molar-refractivity contribution in [3.8, 4) is 0 Å². The number of allylic oxidation sites excluding steroid dienone is 2. The Bertz CT molecular complexity index is 380. The van der Waals surface area contributed by atoms with Crippen molar-refractivity contribution in [2.45, 2.75) is 96.8 Å². The highest BCUT2D eigenvalue weighted by molar-refractivity contribution is 5.81. The summed E-state index contributed by atoms with van der Waals surface area (Å²) in [6.45, 7) is 2.43. The Morgan fingerprint density at radius 2 is 1.27 bits per heavy atom. The predicted molar refractivity (Wildman–Crippen MR) is 110 cm³/mol. The van der Waals surface area contributed by atoms with Crippen LogP contribution in [0.3, 0.4) is 0 Å². The van der Waals surface area contributed by atoms with Crippen LogP contribution in [0.4, 0.5) is 0 Å². The van der Waals surface area contributed by atoms with E-state index in [2.05, 4.69) is 19.1 Å². The maximum absolute atomic E-state index is 11.7. The van der Waals surface area contributed by atoms with Crippen LogP contribution in [0.25, 0.3) is 0 Å². The van der Waals surface area contributed by atoms with Gasteiger partial charge in [0, 0.05) is 6.42 Å². The van der Waals surface area contributed by atoms with Gasteiger partial charge >= 0.3 is 5.97 Å². The first-order chi connectivity index (χ1) is 12.6. The number of carboxylic acid groups (broad SMARTS) is 1. The fourth-order valence-corrected chi connectivity index (χ4v) is 3.06. The SMILES string of the molecule is CCCCCCCCC=CCCCCCCCC(=O)CN(C)CC(=O)O. The molecule has 0 heterocycles. The van der Waals surface area contributed by atoms with Crippen LogP contribution >= 0.6 is 0 Å². The van der Waals surface area contributed by atoms with Crippen LogP contribution in [0, 0.1) is 0 Å². The Balaban J connectivity index is 3.31. The maximum atomic E-state index is 11.7. The van der Waals surface area contributed by atoms with Crippen molar-refractivity contribution < 1.29 is 14.7 Å². The Labute approximate surface area is 161 Å². The van der Waals surface area contributed by atoms with E-state index in [1.54, 1.807) is 11.9 Å². The quantitative estimate of drug-likeness (QED) is 0.238. The molecule has 4 heteroatoms. The Hall–Kier alpha value is -1.16. The van der Waals surface area contributed by atoms with E-state index in [0.717, 1.165) is 12.8 Å². The molecule has 0 rings (SSSR count). The molecule has 0 spiro atoms. The largest absolute Gasteiger partial charge is 0.480 e. The van der Waals surface area contributed by atoms with Crippen LogP contribution in [0.1, 0.15) is 96.8 Å². The van der Waals surface area contributed by atoms with Crippen molar-refractivity contribution >= 4 is 11.8 Å². The second-order valence-electron chi connectivity index (χ2n) is 7.44. The summed E-state index contributed by atoms with van der Waals surface area (Å²) >= 11 is 0.